The molecule has 0 aliphatic carbocycles. The number of aryl methyl sites for hydroxylation is 3. The highest BCUT2D eigenvalue weighted by Crippen LogP contribution is 2.13. The monoisotopic (exact) mass is 666 g/mol. The van der Waals surface area contributed by atoms with Crippen LogP contribution in [0.5, 0.6) is 0 Å². The van der Waals surface area contributed by atoms with E-state index in [4.69, 9.17) is 19.0 Å². The quantitative estimate of drug-likeness (QED) is 0.189. The van der Waals surface area contributed by atoms with Crippen LogP contribution in [0.2, 0.25) is 0 Å². The zero-order chi connectivity index (χ0) is 22.8. The third-order valence-corrected chi connectivity index (χ3v) is 4.59. The molecule has 0 unspecified atom stereocenters. The van der Waals surface area contributed by atoms with Crippen molar-refractivity contribution in [2.24, 2.45) is 0 Å². The number of hydrogen-bond acceptors (Lipinski definition) is 5. The predicted molar refractivity (Wildman–Crippen MR) is 123 cm³/mol. The van der Waals surface area contributed by atoms with E-state index in [9.17, 15) is 9.59 Å². The summed E-state index contributed by atoms with van der Waals surface area (Å²) in [6.07, 6.45) is 0.385. The first-order chi connectivity index (χ1) is 14.8. The van der Waals surface area contributed by atoms with Gasteiger partial charge in [-0.05, 0) is 18.2 Å². The maximum atomic E-state index is 10.5. The first-order valence-corrected chi connectivity index (χ1v) is 11.0. The van der Waals surface area contributed by atoms with E-state index in [1.54, 1.807) is 0 Å². The number of carboxylic acid groups (broad SMARTS) is 2. The Balaban J connectivity index is 0.000000261. The minimum absolute atomic E-state index is 0. The van der Waals surface area contributed by atoms with Crippen molar-refractivity contribution >= 4 is 56.7 Å². The SMILES string of the molecule is Cc1nc2ccccc2o1.Cc1oc2ccccc2[n+]1CCC(=O)O.O=C(O)CCI.[I-]. The number of halogens is 2. The molecule has 2 aromatic carbocycles. The second-order valence-corrected chi connectivity index (χ2v) is 7.50. The van der Waals surface area contributed by atoms with E-state index in [0.29, 0.717) is 11.0 Å². The lowest BCUT2D eigenvalue weighted by Gasteiger charge is -1.91. The van der Waals surface area contributed by atoms with Gasteiger partial charge in [0.25, 0.3) is 5.52 Å². The van der Waals surface area contributed by atoms with Crippen molar-refractivity contribution in [3.63, 3.8) is 0 Å². The zero-order valence-electron chi connectivity index (χ0n) is 17.6. The van der Waals surface area contributed by atoms with Crippen molar-refractivity contribution in [3.8, 4) is 0 Å². The maximum Gasteiger partial charge on any atom is 0.344 e. The number of aliphatic carboxylic acids is 2. The van der Waals surface area contributed by atoms with Gasteiger partial charge in [0, 0.05) is 17.4 Å². The van der Waals surface area contributed by atoms with Crippen LogP contribution in [0, 0.1) is 13.8 Å². The highest BCUT2D eigenvalue weighted by molar-refractivity contribution is 14.1. The number of benzene rings is 2. The first kappa shape index (κ1) is 27.8. The van der Waals surface area contributed by atoms with Gasteiger partial charge in [0.05, 0.1) is 13.3 Å². The molecule has 0 radical (unpaired) electrons. The van der Waals surface area contributed by atoms with E-state index in [1.165, 1.54) is 0 Å². The first-order valence-electron chi connectivity index (χ1n) is 9.51. The number of carboxylic acids is 2. The Bertz CT molecular complexity index is 1120. The van der Waals surface area contributed by atoms with Gasteiger partial charge < -0.3 is 43.0 Å². The average Bonchev–Trinajstić information content (AvgIpc) is 3.25. The van der Waals surface area contributed by atoms with Gasteiger partial charge in [-0.2, -0.15) is 4.57 Å². The Hall–Kier alpha value is -2.22. The molecule has 0 fully saturated rings. The smallest absolute Gasteiger partial charge is 0.344 e. The van der Waals surface area contributed by atoms with Gasteiger partial charge in [0.15, 0.2) is 18.0 Å². The van der Waals surface area contributed by atoms with Crippen molar-refractivity contribution in [3.05, 3.63) is 60.3 Å². The molecule has 2 heterocycles. The van der Waals surface area contributed by atoms with Crippen molar-refractivity contribution < 1.29 is 57.2 Å². The summed E-state index contributed by atoms with van der Waals surface area (Å²) in [4.78, 5) is 24.2. The Labute approximate surface area is 215 Å². The third kappa shape index (κ3) is 8.73. The molecule has 2 aromatic heterocycles. The Morgan fingerprint density at radius 2 is 1.53 bits per heavy atom. The second-order valence-electron chi connectivity index (χ2n) is 6.42. The lowest BCUT2D eigenvalue weighted by Crippen LogP contribution is -3.00. The fraction of sp³-hybridized carbons (Fsp3) is 0.273. The van der Waals surface area contributed by atoms with Crippen LogP contribution in [-0.2, 0) is 16.1 Å². The second kappa shape index (κ2) is 14.0. The number of alkyl halides is 1. The van der Waals surface area contributed by atoms with Crippen LogP contribution in [0.1, 0.15) is 24.6 Å². The summed E-state index contributed by atoms with van der Waals surface area (Å²) in [6.45, 7) is 4.13. The van der Waals surface area contributed by atoms with E-state index in [-0.39, 0.29) is 36.8 Å². The van der Waals surface area contributed by atoms with Crippen LogP contribution in [0.25, 0.3) is 22.2 Å². The number of fused-ring (bicyclic) bond motifs is 2. The van der Waals surface area contributed by atoms with Gasteiger partial charge in [-0.1, -0.05) is 46.9 Å². The summed E-state index contributed by atoms with van der Waals surface area (Å²) in [6, 6.07) is 15.3. The van der Waals surface area contributed by atoms with Gasteiger partial charge in [-0.3, -0.25) is 9.59 Å². The molecule has 4 aromatic rings. The molecule has 0 aliphatic rings. The Morgan fingerprint density at radius 1 is 0.938 bits per heavy atom. The molecule has 0 aliphatic heterocycles. The highest BCUT2D eigenvalue weighted by atomic mass is 127. The molecule has 0 saturated carbocycles. The van der Waals surface area contributed by atoms with Crippen LogP contribution in [0.15, 0.2) is 57.4 Å². The predicted octanol–water partition coefficient (Wildman–Crippen LogP) is 1.54. The van der Waals surface area contributed by atoms with Gasteiger partial charge in [-0.25, -0.2) is 4.98 Å². The van der Waals surface area contributed by atoms with E-state index in [1.807, 2.05) is 89.5 Å². The molecule has 0 saturated heterocycles. The molecule has 0 bridgehead atoms. The molecule has 32 heavy (non-hydrogen) atoms. The maximum absolute atomic E-state index is 10.5. The molecule has 0 spiro atoms. The summed E-state index contributed by atoms with van der Waals surface area (Å²) >= 11 is 2.02. The molecule has 4 rings (SSSR count). The van der Waals surface area contributed by atoms with Crippen molar-refractivity contribution in [2.75, 3.05) is 4.43 Å². The summed E-state index contributed by atoms with van der Waals surface area (Å²) in [5.41, 5.74) is 3.52. The standard InChI is InChI=1S/C11H11NO3.C8H7NO.C3H5IO2.HI/c1-8-12(7-6-11(13)14)9-4-2-3-5-10(9)15-8;1-6-9-7-4-2-3-5-8(7)10-6;4-2-1-3(5)6;/h2-5H,6-7H2,1H3;2-5H,1H3;1-2H2,(H,5,6);1H. The number of aromatic nitrogens is 2. The normalized spacial score (nSPS) is 9.84. The third-order valence-electron chi connectivity index (χ3n) is 4.05. The molecule has 0 amide bonds. The van der Waals surface area contributed by atoms with E-state index < -0.39 is 11.9 Å². The lowest BCUT2D eigenvalue weighted by atomic mass is 10.3. The van der Waals surface area contributed by atoms with Crippen molar-refractivity contribution in [1.29, 1.82) is 0 Å². The minimum Gasteiger partial charge on any atom is -1.00 e. The number of nitrogens with zero attached hydrogens (tertiary/aromatic N) is 2. The van der Waals surface area contributed by atoms with Gasteiger partial charge in [0.2, 0.25) is 5.58 Å². The summed E-state index contributed by atoms with van der Waals surface area (Å²) in [7, 11) is 0. The van der Waals surface area contributed by atoms with Crippen LogP contribution in [-0.4, -0.2) is 31.6 Å². The molecule has 172 valence electrons. The van der Waals surface area contributed by atoms with Crippen LogP contribution < -0.4 is 28.5 Å². The van der Waals surface area contributed by atoms with Gasteiger partial charge in [0.1, 0.15) is 11.9 Å². The van der Waals surface area contributed by atoms with Crippen LogP contribution in [0.3, 0.4) is 0 Å². The topological polar surface area (TPSA) is 118 Å². The number of para-hydroxylation sites is 4. The number of hydrogen-bond donors (Lipinski definition) is 2. The van der Waals surface area contributed by atoms with Crippen molar-refractivity contribution in [2.45, 2.75) is 33.2 Å². The van der Waals surface area contributed by atoms with Crippen molar-refractivity contribution in [1.82, 2.24) is 4.98 Å². The largest absolute Gasteiger partial charge is 1.00 e. The Morgan fingerprint density at radius 3 is 2.09 bits per heavy atom. The van der Waals surface area contributed by atoms with Crippen LogP contribution >= 0.6 is 22.6 Å². The van der Waals surface area contributed by atoms with Gasteiger partial charge in [-0.15, -0.1) is 0 Å². The summed E-state index contributed by atoms with van der Waals surface area (Å²) in [5.74, 6) is -0.0600. The zero-order valence-corrected chi connectivity index (χ0v) is 21.9. The van der Waals surface area contributed by atoms with Gasteiger partial charge >= 0.3 is 17.8 Å². The highest BCUT2D eigenvalue weighted by Gasteiger charge is 2.18. The van der Waals surface area contributed by atoms with Crippen LogP contribution in [0.4, 0.5) is 0 Å². The molecule has 8 nitrogen and oxygen atoms in total. The summed E-state index contributed by atoms with van der Waals surface area (Å²) < 4.78 is 13.3. The fourth-order valence-corrected chi connectivity index (χ4v) is 3.17. The van der Waals surface area contributed by atoms with E-state index >= 15 is 0 Å². The molecule has 0 atom stereocenters. The van der Waals surface area contributed by atoms with E-state index in [0.717, 1.165) is 34.0 Å². The van der Waals surface area contributed by atoms with E-state index in [2.05, 4.69) is 4.98 Å². The fourth-order valence-electron chi connectivity index (χ4n) is 2.70. The summed E-state index contributed by atoms with van der Waals surface area (Å²) in [5, 5.41) is 16.5. The lowest BCUT2D eigenvalue weighted by molar-refractivity contribution is -0.681. The molecular formula is C22H24I2N2O6. The number of carbonyl (C=O) groups is 2. The average molecular weight is 666 g/mol. The number of oxazole rings is 2. The minimum atomic E-state index is -0.799. The molecular weight excluding hydrogens is 642 g/mol. The number of rotatable bonds is 5. The molecule has 2 N–H and O–H groups in total. The molecule has 10 heteroatoms. The Kier molecular flexibility index (Phi) is 12.2.